The molecule has 6 heteroatoms. The number of aliphatic imine (C=N–C) groups is 1. The minimum Gasteiger partial charge on any atom is -0.494 e. The fourth-order valence-electron chi connectivity index (χ4n) is 3.24. The first-order valence-corrected chi connectivity index (χ1v) is 10.3. The summed E-state index contributed by atoms with van der Waals surface area (Å²) in [5.74, 6) is 2.37. The molecule has 0 spiro atoms. The number of hydrogen-bond acceptors (Lipinski definition) is 4. The fourth-order valence-corrected chi connectivity index (χ4v) is 3.24. The van der Waals surface area contributed by atoms with Gasteiger partial charge in [-0.15, -0.1) is 0 Å². The molecule has 1 aliphatic heterocycles. The van der Waals surface area contributed by atoms with Gasteiger partial charge in [0.25, 0.3) is 0 Å². The average molecular weight is 376 g/mol. The van der Waals surface area contributed by atoms with Gasteiger partial charge in [0.1, 0.15) is 5.75 Å². The van der Waals surface area contributed by atoms with Crippen LogP contribution in [0.1, 0.15) is 26.3 Å². The largest absolute Gasteiger partial charge is 0.494 e. The molecule has 0 bridgehead atoms. The van der Waals surface area contributed by atoms with Gasteiger partial charge in [-0.25, -0.2) is 4.99 Å². The summed E-state index contributed by atoms with van der Waals surface area (Å²) in [6.07, 6.45) is 0. The SMILES string of the molecule is CCNC(=NCc1ccccc1OCC)NCC(C)CN1CCN(C)CC1. The van der Waals surface area contributed by atoms with Crippen LogP contribution in [0.25, 0.3) is 0 Å². The molecule has 1 heterocycles. The van der Waals surface area contributed by atoms with Gasteiger partial charge in [-0.3, -0.25) is 0 Å². The molecule has 2 N–H and O–H groups in total. The Hall–Kier alpha value is -1.79. The van der Waals surface area contributed by atoms with E-state index in [2.05, 4.69) is 47.4 Å². The van der Waals surface area contributed by atoms with Crippen molar-refractivity contribution in [1.29, 1.82) is 0 Å². The van der Waals surface area contributed by atoms with Crippen LogP contribution < -0.4 is 15.4 Å². The summed E-state index contributed by atoms with van der Waals surface area (Å²) in [6, 6.07) is 8.12. The summed E-state index contributed by atoms with van der Waals surface area (Å²) >= 11 is 0. The molecule has 2 rings (SSSR count). The van der Waals surface area contributed by atoms with E-state index in [0.29, 0.717) is 19.1 Å². The Balaban J connectivity index is 1.84. The number of ether oxygens (including phenoxy) is 1. The van der Waals surface area contributed by atoms with Gasteiger partial charge in [-0.05, 0) is 32.9 Å². The molecule has 1 aliphatic rings. The maximum Gasteiger partial charge on any atom is 0.191 e. The van der Waals surface area contributed by atoms with Crippen LogP contribution >= 0.6 is 0 Å². The van der Waals surface area contributed by atoms with Crippen LogP contribution in [-0.2, 0) is 6.54 Å². The second kappa shape index (κ2) is 11.8. The normalized spacial score (nSPS) is 17.6. The van der Waals surface area contributed by atoms with Crippen molar-refractivity contribution in [2.45, 2.75) is 27.3 Å². The Bertz CT molecular complexity index is 569. The summed E-state index contributed by atoms with van der Waals surface area (Å²) in [6.45, 7) is 15.3. The minimum atomic E-state index is 0.577. The predicted molar refractivity (Wildman–Crippen MR) is 114 cm³/mol. The van der Waals surface area contributed by atoms with E-state index >= 15 is 0 Å². The number of para-hydroxylation sites is 1. The van der Waals surface area contributed by atoms with Crippen LogP contribution in [0.15, 0.2) is 29.3 Å². The lowest BCUT2D eigenvalue weighted by Gasteiger charge is -2.34. The second-order valence-electron chi connectivity index (χ2n) is 7.33. The molecule has 0 aromatic heterocycles. The van der Waals surface area contributed by atoms with Gasteiger partial charge < -0.3 is 25.2 Å². The van der Waals surface area contributed by atoms with Crippen molar-refractivity contribution in [3.05, 3.63) is 29.8 Å². The van der Waals surface area contributed by atoms with E-state index in [9.17, 15) is 0 Å². The molecule has 1 aromatic carbocycles. The summed E-state index contributed by atoms with van der Waals surface area (Å²) in [4.78, 5) is 9.71. The number of benzene rings is 1. The van der Waals surface area contributed by atoms with E-state index in [1.54, 1.807) is 0 Å². The molecule has 1 atom stereocenters. The monoisotopic (exact) mass is 375 g/mol. The highest BCUT2D eigenvalue weighted by atomic mass is 16.5. The third-order valence-corrected chi connectivity index (χ3v) is 4.81. The topological polar surface area (TPSA) is 52.1 Å². The molecular weight excluding hydrogens is 338 g/mol. The summed E-state index contributed by atoms with van der Waals surface area (Å²) in [5.41, 5.74) is 1.11. The van der Waals surface area contributed by atoms with Crippen LogP contribution in [0.3, 0.4) is 0 Å². The standard InChI is InChI=1S/C21H37N5O/c1-5-22-21(24-16-19-9-7-8-10-20(19)27-6-2)23-15-18(3)17-26-13-11-25(4)12-14-26/h7-10,18H,5-6,11-17H2,1-4H3,(H2,22,23,24). The first-order valence-electron chi connectivity index (χ1n) is 10.3. The van der Waals surface area contributed by atoms with Crippen molar-refractivity contribution in [3.63, 3.8) is 0 Å². The zero-order valence-electron chi connectivity index (χ0n) is 17.5. The fraction of sp³-hybridized carbons (Fsp3) is 0.667. The summed E-state index contributed by atoms with van der Waals surface area (Å²) in [7, 11) is 2.20. The lowest BCUT2D eigenvalue weighted by molar-refractivity contribution is 0.139. The number of piperazine rings is 1. The number of likely N-dealkylation sites (N-methyl/N-ethyl adjacent to an activating group) is 1. The van der Waals surface area contributed by atoms with Crippen LogP contribution in [-0.4, -0.2) is 75.2 Å². The average Bonchev–Trinajstić information content (AvgIpc) is 2.67. The molecule has 1 saturated heterocycles. The number of nitrogens with zero attached hydrogens (tertiary/aromatic N) is 3. The van der Waals surface area contributed by atoms with E-state index in [0.717, 1.165) is 36.9 Å². The Morgan fingerprint density at radius 1 is 1.15 bits per heavy atom. The molecule has 0 saturated carbocycles. The number of rotatable bonds is 9. The lowest BCUT2D eigenvalue weighted by Crippen LogP contribution is -2.47. The molecule has 27 heavy (non-hydrogen) atoms. The van der Waals surface area contributed by atoms with Crippen molar-refractivity contribution >= 4 is 5.96 Å². The van der Waals surface area contributed by atoms with Crippen molar-refractivity contribution in [3.8, 4) is 5.75 Å². The zero-order chi connectivity index (χ0) is 19.5. The van der Waals surface area contributed by atoms with E-state index in [4.69, 9.17) is 9.73 Å². The van der Waals surface area contributed by atoms with Gasteiger partial charge in [-0.1, -0.05) is 25.1 Å². The number of hydrogen-bond donors (Lipinski definition) is 2. The van der Waals surface area contributed by atoms with Crippen LogP contribution in [0.2, 0.25) is 0 Å². The number of nitrogens with one attached hydrogen (secondary N) is 2. The molecule has 1 fully saturated rings. The first-order chi connectivity index (χ1) is 13.1. The molecule has 0 radical (unpaired) electrons. The molecule has 0 amide bonds. The van der Waals surface area contributed by atoms with E-state index in [1.165, 1.54) is 26.2 Å². The van der Waals surface area contributed by atoms with E-state index in [-0.39, 0.29) is 0 Å². The van der Waals surface area contributed by atoms with Gasteiger partial charge >= 0.3 is 0 Å². The molecule has 0 aliphatic carbocycles. The van der Waals surface area contributed by atoms with Gasteiger partial charge in [0.15, 0.2) is 5.96 Å². The smallest absolute Gasteiger partial charge is 0.191 e. The van der Waals surface area contributed by atoms with Crippen molar-refractivity contribution < 1.29 is 4.74 Å². The van der Waals surface area contributed by atoms with E-state index < -0.39 is 0 Å². The van der Waals surface area contributed by atoms with Crippen LogP contribution in [0.5, 0.6) is 5.75 Å². The Morgan fingerprint density at radius 2 is 1.89 bits per heavy atom. The maximum absolute atomic E-state index is 5.70. The Labute approximate surface area is 165 Å². The quantitative estimate of drug-likeness (QED) is 0.511. The first kappa shape index (κ1) is 21.5. The highest BCUT2D eigenvalue weighted by Crippen LogP contribution is 2.18. The molecule has 1 aromatic rings. The molecule has 1 unspecified atom stereocenters. The lowest BCUT2D eigenvalue weighted by atomic mass is 10.1. The Kier molecular flexibility index (Phi) is 9.42. The van der Waals surface area contributed by atoms with Gasteiger partial charge in [0, 0.05) is 51.4 Å². The molecular formula is C21H37N5O. The third kappa shape index (κ3) is 7.77. The minimum absolute atomic E-state index is 0.577. The molecule has 6 nitrogen and oxygen atoms in total. The highest BCUT2D eigenvalue weighted by molar-refractivity contribution is 5.79. The van der Waals surface area contributed by atoms with Gasteiger partial charge in [0.05, 0.1) is 13.2 Å². The van der Waals surface area contributed by atoms with Gasteiger partial charge in [0.2, 0.25) is 0 Å². The van der Waals surface area contributed by atoms with Crippen LogP contribution in [0.4, 0.5) is 0 Å². The van der Waals surface area contributed by atoms with E-state index in [1.807, 2.05) is 25.1 Å². The predicted octanol–water partition coefficient (Wildman–Crippen LogP) is 2.02. The maximum atomic E-state index is 5.70. The van der Waals surface area contributed by atoms with Crippen molar-refractivity contribution in [2.75, 3.05) is 59.5 Å². The summed E-state index contributed by atoms with van der Waals surface area (Å²) < 4.78 is 5.70. The van der Waals surface area contributed by atoms with Crippen molar-refractivity contribution in [1.82, 2.24) is 20.4 Å². The molecule has 152 valence electrons. The second-order valence-corrected chi connectivity index (χ2v) is 7.33. The summed E-state index contributed by atoms with van der Waals surface area (Å²) in [5, 5.41) is 6.85. The zero-order valence-corrected chi connectivity index (χ0v) is 17.5. The van der Waals surface area contributed by atoms with Gasteiger partial charge in [-0.2, -0.15) is 0 Å². The number of guanidine groups is 1. The Morgan fingerprint density at radius 3 is 2.59 bits per heavy atom. The van der Waals surface area contributed by atoms with Crippen molar-refractivity contribution in [2.24, 2.45) is 10.9 Å². The highest BCUT2D eigenvalue weighted by Gasteiger charge is 2.16. The third-order valence-electron chi connectivity index (χ3n) is 4.81. The van der Waals surface area contributed by atoms with Crippen LogP contribution in [0, 0.1) is 5.92 Å².